The molecule has 2 N–H and O–H groups in total. The first kappa shape index (κ1) is 11.4. The molecule has 0 aliphatic carbocycles. The average molecular weight is 211 g/mol. The molecule has 0 amide bonds. The Morgan fingerprint density at radius 3 is 2.79 bits per heavy atom. The van der Waals surface area contributed by atoms with Crippen LogP contribution in [0.15, 0.2) is 17.5 Å². The Hall–Kier alpha value is -0.670. The summed E-state index contributed by atoms with van der Waals surface area (Å²) in [5, 5.41) is 1.99. The average Bonchev–Trinajstić information content (AvgIpc) is 2.56. The van der Waals surface area contributed by atoms with Crippen LogP contribution in [0.5, 0.6) is 0 Å². The molecule has 1 aromatic heterocycles. The van der Waals surface area contributed by atoms with E-state index in [0.29, 0.717) is 18.8 Å². The standard InChI is InChI=1S/C11H17NOS/c1-8(2)11(12)7-9(13)6-10-4-3-5-14-10/h3-5,8,11H,6-7,12H2,1-2H3. The van der Waals surface area contributed by atoms with Gasteiger partial charge in [-0.15, -0.1) is 11.3 Å². The fourth-order valence-corrected chi connectivity index (χ4v) is 1.91. The molecule has 0 saturated carbocycles. The molecule has 0 spiro atoms. The van der Waals surface area contributed by atoms with Gasteiger partial charge in [-0.25, -0.2) is 0 Å². The van der Waals surface area contributed by atoms with Crippen LogP contribution in [0, 0.1) is 5.92 Å². The molecular formula is C11H17NOS. The molecule has 0 aromatic carbocycles. The number of rotatable bonds is 5. The smallest absolute Gasteiger partial charge is 0.139 e. The fraction of sp³-hybridized carbons (Fsp3) is 0.545. The summed E-state index contributed by atoms with van der Waals surface area (Å²) in [5.74, 6) is 0.621. The van der Waals surface area contributed by atoms with E-state index in [4.69, 9.17) is 5.73 Å². The Bertz CT molecular complexity index is 279. The minimum absolute atomic E-state index is 0.00228. The Labute approximate surface area is 89.1 Å². The van der Waals surface area contributed by atoms with Gasteiger partial charge in [0.05, 0.1) is 0 Å². The quantitative estimate of drug-likeness (QED) is 0.811. The van der Waals surface area contributed by atoms with E-state index >= 15 is 0 Å². The number of thiophene rings is 1. The Balaban J connectivity index is 2.36. The van der Waals surface area contributed by atoms with E-state index in [1.807, 2.05) is 31.4 Å². The van der Waals surface area contributed by atoms with Crippen LogP contribution in [-0.4, -0.2) is 11.8 Å². The number of Topliss-reactive ketones (excluding diaryl/α,β-unsaturated/α-hetero) is 1. The highest BCUT2D eigenvalue weighted by atomic mass is 32.1. The molecule has 1 heterocycles. The number of nitrogens with two attached hydrogens (primary N) is 1. The summed E-state index contributed by atoms with van der Waals surface area (Å²) in [4.78, 5) is 12.7. The van der Waals surface area contributed by atoms with Crippen LogP contribution in [-0.2, 0) is 11.2 Å². The van der Waals surface area contributed by atoms with Crippen LogP contribution in [0.3, 0.4) is 0 Å². The summed E-state index contributed by atoms with van der Waals surface area (Å²) in [6, 6.07) is 3.96. The zero-order valence-electron chi connectivity index (χ0n) is 8.69. The molecule has 14 heavy (non-hydrogen) atoms. The predicted octanol–water partition coefficient (Wildman–Crippen LogP) is 2.23. The highest BCUT2D eigenvalue weighted by molar-refractivity contribution is 7.10. The lowest BCUT2D eigenvalue weighted by Crippen LogP contribution is -2.29. The second-order valence-corrected chi connectivity index (χ2v) is 4.94. The van der Waals surface area contributed by atoms with Gasteiger partial charge in [-0.2, -0.15) is 0 Å². The summed E-state index contributed by atoms with van der Waals surface area (Å²) in [7, 11) is 0. The van der Waals surface area contributed by atoms with Crippen molar-refractivity contribution in [3.8, 4) is 0 Å². The molecule has 1 rings (SSSR count). The molecule has 2 nitrogen and oxygen atoms in total. The number of carbonyl (C=O) groups is 1. The Morgan fingerprint density at radius 1 is 1.57 bits per heavy atom. The maximum atomic E-state index is 11.6. The molecule has 0 radical (unpaired) electrons. The van der Waals surface area contributed by atoms with Crippen molar-refractivity contribution >= 4 is 17.1 Å². The SMILES string of the molecule is CC(C)C(N)CC(=O)Cc1cccs1. The van der Waals surface area contributed by atoms with Crippen molar-refractivity contribution in [3.05, 3.63) is 22.4 Å². The fourth-order valence-electron chi connectivity index (χ4n) is 1.18. The molecule has 0 aliphatic rings. The van der Waals surface area contributed by atoms with E-state index in [1.165, 1.54) is 0 Å². The molecule has 3 heteroatoms. The zero-order valence-corrected chi connectivity index (χ0v) is 9.51. The second kappa shape index (κ2) is 5.27. The normalized spacial score (nSPS) is 13.1. The molecule has 1 unspecified atom stereocenters. The predicted molar refractivity (Wildman–Crippen MR) is 60.5 cm³/mol. The maximum absolute atomic E-state index is 11.6. The monoisotopic (exact) mass is 211 g/mol. The van der Waals surface area contributed by atoms with E-state index in [-0.39, 0.29) is 11.8 Å². The van der Waals surface area contributed by atoms with Gasteiger partial charge in [0.1, 0.15) is 5.78 Å². The second-order valence-electron chi connectivity index (χ2n) is 3.91. The van der Waals surface area contributed by atoms with Gasteiger partial charge in [0.25, 0.3) is 0 Å². The third kappa shape index (κ3) is 3.60. The lowest BCUT2D eigenvalue weighted by atomic mass is 9.98. The molecular weight excluding hydrogens is 194 g/mol. The summed E-state index contributed by atoms with van der Waals surface area (Å²) in [5.41, 5.74) is 5.83. The number of ketones is 1. The van der Waals surface area contributed by atoms with Crippen molar-refractivity contribution in [2.75, 3.05) is 0 Å². The first-order valence-electron chi connectivity index (χ1n) is 4.89. The first-order valence-corrected chi connectivity index (χ1v) is 5.77. The topological polar surface area (TPSA) is 43.1 Å². The zero-order chi connectivity index (χ0) is 10.6. The van der Waals surface area contributed by atoms with Gasteiger partial charge in [0, 0.05) is 23.8 Å². The van der Waals surface area contributed by atoms with Crippen molar-refractivity contribution < 1.29 is 4.79 Å². The van der Waals surface area contributed by atoms with E-state index in [2.05, 4.69) is 0 Å². The van der Waals surface area contributed by atoms with Crippen LogP contribution in [0.2, 0.25) is 0 Å². The van der Waals surface area contributed by atoms with Crippen LogP contribution in [0.4, 0.5) is 0 Å². The van der Waals surface area contributed by atoms with Crippen molar-refractivity contribution in [2.45, 2.75) is 32.7 Å². The molecule has 1 atom stereocenters. The van der Waals surface area contributed by atoms with Gasteiger partial charge >= 0.3 is 0 Å². The maximum Gasteiger partial charge on any atom is 0.139 e. The number of hydrogen-bond donors (Lipinski definition) is 1. The molecule has 0 saturated heterocycles. The van der Waals surface area contributed by atoms with Gasteiger partial charge in [0.15, 0.2) is 0 Å². The minimum atomic E-state index is 0.00228. The van der Waals surface area contributed by atoms with Crippen molar-refractivity contribution in [3.63, 3.8) is 0 Å². The van der Waals surface area contributed by atoms with Crippen molar-refractivity contribution in [2.24, 2.45) is 11.7 Å². The molecule has 0 aliphatic heterocycles. The summed E-state index contributed by atoms with van der Waals surface area (Å²) in [6.07, 6.45) is 1.04. The largest absolute Gasteiger partial charge is 0.327 e. The first-order chi connectivity index (χ1) is 6.59. The highest BCUT2D eigenvalue weighted by Gasteiger charge is 2.13. The lowest BCUT2D eigenvalue weighted by Gasteiger charge is -2.13. The van der Waals surface area contributed by atoms with Gasteiger partial charge in [-0.3, -0.25) is 4.79 Å². The van der Waals surface area contributed by atoms with Crippen LogP contribution in [0.25, 0.3) is 0 Å². The third-order valence-corrected chi connectivity index (χ3v) is 3.15. The van der Waals surface area contributed by atoms with Gasteiger partial charge < -0.3 is 5.73 Å². The van der Waals surface area contributed by atoms with Crippen LogP contribution < -0.4 is 5.73 Å². The Kier molecular flexibility index (Phi) is 4.29. The van der Waals surface area contributed by atoms with E-state index < -0.39 is 0 Å². The minimum Gasteiger partial charge on any atom is -0.327 e. The molecule has 0 fully saturated rings. The summed E-state index contributed by atoms with van der Waals surface area (Å²) in [6.45, 7) is 4.09. The van der Waals surface area contributed by atoms with Crippen LogP contribution in [0.1, 0.15) is 25.1 Å². The summed E-state index contributed by atoms with van der Waals surface area (Å²) >= 11 is 1.63. The molecule has 1 aromatic rings. The van der Waals surface area contributed by atoms with Gasteiger partial charge in [0.2, 0.25) is 0 Å². The molecule has 0 bridgehead atoms. The number of carbonyl (C=O) groups excluding carboxylic acids is 1. The lowest BCUT2D eigenvalue weighted by molar-refractivity contribution is -0.118. The molecule has 78 valence electrons. The van der Waals surface area contributed by atoms with E-state index in [0.717, 1.165) is 4.88 Å². The van der Waals surface area contributed by atoms with E-state index in [9.17, 15) is 4.79 Å². The van der Waals surface area contributed by atoms with E-state index in [1.54, 1.807) is 11.3 Å². The van der Waals surface area contributed by atoms with Gasteiger partial charge in [-0.05, 0) is 17.4 Å². The summed E-state index contributed by atoms with van der Waals surface area (Å²) < 4.78 is 0. The Morgan fingerprint density at radius 2 is 2.29 bits per heavy atom. The van der Waals surface area contributed by atoms with Crippen molar-refractivity contribution in [1.29, 1.82) is 0 Å². The number of hydrogen-bond acceptors (Lipinski definition) is 3. The van der Waals surface area contributed by atoms with Crippen molar-refractivity contribution in [1.82, 2.24) is 0 Å². The van der Waals surface area contributed by atoms with Gasteiger partial charge in [-0.1, -0.05) is 19.9 Å². The third-order valence-electron chi connectivity index (χ3n) is 2.27. The highest BCUT2D eigenvalue weighted by Crippen LogP contribution is 2.12. The van der Waals surface area contributed by atoms with Crippen LogP contribution >= 0.6 is 11.3 Å².